The first-order valence-corrected chi connectivity index (χ1v) is 4.78. The van der Waals surface area contributed by atoms with E-state index >= 15 is 0 Å². The predicted molar refractivity (Wildman–Crippen MR) is 56.8 cm³/mol. The Morgan fingerprint density at radius 1 is 1.67 bits per heavy atom. The summed E-state index contributed by atoms with van der Waals surface area (Å²) in [5.74, 6) is 0. The normalized spacial score (nSPS) is 34.3. The van der Waals surface area contributed by atoms with Crippen LogP contribution in [0.2, 0.25) is 0 Å². The molecule has 9 heavy (non-hydrogen) atoms. The molecule has 2 N–H and O–H groups in total. The fraction of sp³-hybridized carbons (Fsp3) is 0.333. The molecule has 1 rings (SSSR count). The van der Waals surface area contributed by atoms with Gasteiger partial charge in [-0.1, -0.05) is 40.8 Å². The first-order chi connectivity index (χ1) is 4.10. The van der Waals surface area contributed by atoms with E-state index in [4.69, 9.17) is 5.73 Å². The summed E-state index contributed by atoms with van der Waals surface area (Å²) in [6, 6.07) is 0. The van der Waals surface area contributed by atoms with Crippen LogP contribution < -0.4 is 5.73 Å². The van der Waals surface area contributed by atoms with E-state index in [1.807, 2.05) is 12.2 Å². The summed E-state index contributed by atoms with van der Waals surface area (Å²) >= 11 is 4.56. The highest BCUT2D eigenvalue weighted by molar-refractivity contribution is 14.1. The highest BCUT2D eigenvalue weighted by Gasteiger charge is 2.19. The Bertz CT molecular complexity index is 170. The molecule has 0 aliphatic heterocycles. The van der Waals surface area contributed by atoms with E-state index in [1.54, 1.807) is 0 Å². The maximum absolute atomic E-state index is 5.82. The lowest BCUT2D eigenvalue weighted by atomic mass is 10.1. The van der Waals surface area contributed by atoms with Gasteiger partial charge in [0.25, 0.3) is 0 Å². The summed E-state index contributed by atoms with van der Waals surface area (Å²) < 4.78 is 1.19. The summed E-state index contributed by atoms with van der Waals surface area (Å²) in [5, 5.41) is 0. The van der Waals surface area contributed by atoms with Gasteiger partial charge in [0.15, 0.2) is 0 Å². The zero-order valence-electron chi connectivity index (χ0n) is 4.77. The Labute approximate surface area is 82.0 Å². The van der Waals surface area contributed by atoms with E-state index in [0.29, 0.717) is 0 Å². The Morgan fingerprint density at radius 2 is 2.33 bits per heavy atom. The third-order valence-corrected chi connectivity index (χ3v) is 2.57. The number of hydrogen-bond acceptors (Lipinski definition) is 1. The molecule has 1 aliphatic carbocycles. The molecule has 0 aromatic carbocycles. The molecular weight excluding hydrogens is 340 g/mol. The molecule has 0 aromatic heterocycles. The topological polar surface area (TPSA) is 26.0 Å². The molecule has 0 fully saturated rings. The minimum absolute atomic E-state index is 0.136. The fourth-order valence-electron chi connectivity index (χ4n) is 0.689. The highest BCUT2D eigenvalue weighted by atomic mass is 127. The van der Waals surface area contributed by atoms with Crippen molar-refractivity contribution in [3.63, 3.8) is 0 Å². The molecule has 1 aliphatic rings. The van der Waals surface area contributed by atoms with Crippen LogP contribution in [0.25, 0.3) is 0 Å². The van der Waals surface area contributed by atoms with Crippen molar-refractivity contribution in [1.29, 1.82) is 0 Å². The third-order valence-electron chi connectivity index (χ3n) is 1.09. The molecule has 0 spiro atoms. The number of allylic oxidation sites excluding steroid dienone is 2. The van der Waals surface area contributed by atoms with Crippen molar-refractivity contribution >= 4 is 45.2 Å². The highest BCUT2D eigenvalue weighted by Crippen LogP contribution is 2.29. The van der Waals surface area contributed by atoms with Crippen molar-refractivity contribution in [1.82, 2.24) is 0 Å². The van der Waals surface area contributed by atoms with Crippen molar-refractivity contribution < 1.29 is 0 Å². The van der Waals surface area contributed by atoms with Gasteiger partial charge < -0.3 is 5.73 Å². The predicted octanol–water partition coefficient (Wildman–Crippen LogP) is 2.36. The summed E-state index contributed by atoms with van der Waals surface area (Å²) in [7, 11) is 0. The average Bonchev–Trinajstić information content (AvgIpc) is 1.60. The van der Waals surface area contributed by atoms with Crippen molar-refractivity contribution in [3.8, 4) is 0 Å². The van der Waals surface area contributed by atoms with Crippen LogP contribution >= 0.6 is 45.2 Å². The summed E-state index contributed by atoms with van der Waals surface area (Å²) in [4.78, 5) is 0. The van der Waals surface area contributed by atoms with Gasteiger partial charge in [-0.15, -0.1) is 0 Å². The molecule has 0 saturated carbocycles. The third kappa shape index (κ3) is 2.55. The van der Waals surface area contributed by atoms with Gasteiger partial charge in [0.1, 0.15) is 0 Å². The van der Waals surface area contributed by atoms with Gasteiger partial charge in [-0.3, -0.25) is 0 Å². The molecule has 1 nitrogen and oxygen atoms in total. The molecule has 1 unspecified atom stereocenters. The van der Waals surface area contributed by atoms with E-state index < -0.39 is 0 Å². The van der Waals surface area contributed by atoms with Gasteiger partial charge in [-0.05, 0) is 26.2 Å². The lowest BCUT2D eigenvalue weighted by Gasteiger charge is -2.19. The van der Waals surface area contributed by atoms with Crippen LogP contribution in [0.3, 0.4) is 0 Å². The van der Waals surface area contributed by atoms with Crippen molar-refractivity contribution in [2.24, 2.45) is 5.73 Å². The molecule has 0 aromatic rings. The Balaban J connectivity index is 2.73. The van der Waals surface area contributed by atoms with E-state index in [0.717, 1.165) is 6.42 Å². The van der Waals surface area contributed by atoms with Gasteiger partial charge in [0.2, 0.25) is 0 Å². The Morgan fingerprint density at radius 3 is 2.67 bits per heavy atom. The quantitative estimate of drug-likeness (QED) is 0.407. The van der Waals surface area contributed by atoms with Crippen LogP contribution in [0, 0.1) is 0 Å². The molecular formula is C6H7I2N. The van der Waals surface area contributed by atoms with Crippen LogP contribution in [0.1, 0.15) is 6.42 Å². The van der Waals surface area contributed by atoms with E-state index in [9.17, 15) is 0 Å². The van der Waals surface area contributed by atoms with Gasteiger partial charge in [0, 0.05) is 6.42 Å². The SMILES string of the molecule is NC1(I)C=CC=C(I)C1. The lowest BCUT2D eigenvalue weighted by molar-refractivity contribution is 0.791. The zero-order valence-corrected chi connectivity index (χ0v) is 9.09. The maximum Gasteiger partial charge on any atom is 0.0913 e. The monoisotopic (exact) mass is 347 g/mol. The molecule has 1 atom stereocenters. The van der Waals surface area contributed by atoms with Gasteiger partial charge >= 0.3 is 0 Å². The van der Waals surface area contributed by atoms with Crippen LogP contribution in [-0.2, 0) is 0 Å². The first kappa shape index (κ1) is 8.00. The lowest BCUT2D eigenvalue weighted by Crippen LogP contribution is -2.30. The molecule has 0 amide bonds. The minimum Gasteiger partial charge on any atom is -0.313 e. The standard InChI is InChI=1S/C6H7I2N/c7-5-2-1-3-6(8,9)4-5/h1-3H,4,9H2. The van der Waals surface area contributed by atoms with Crippen molar-refractivity contribution in [2.75, 3.05) is 0 Å². The minimum atomic E-state index is -0.136. The van der Waals surface area contributed by atoms with Crippen molar-refractivity contribution in [2.45, 2.75) is 9.97 Å². The maximum atomic E-state index is 5.82. The first-order valence-electron chi connectivity index (χ1n) is 2.62. The number of nitrogens with two attached hydrogens (primary N) is 1. The molecule has 50 valence electrons. The summed E-state index contributed by atoms with van der Waals surface area (Å²) in [5.41, 5.74) is 5.82. The largest absolute Gasteiger partial charge is 0.313 e. The van der Waals surface area contributed by atoms with Crippen LogP contribution in [-0.4, -0.2) is 3.55 Å². The van der Waals surface area contributed by atoms with Crippen LogP contribution in [0.5, 0.6) is 0 Å². The van der Waals surface area contributed by atoms with Crippen LogP contribution in [0.4, 0.5) is 0 Å². The molecule has 3 heteroatoms. The fourth-order valence-corrected chi connectivity index (χ4v) is 2.88. The van der Waals surface area contributed by atoms with Gasteiger partial charge in [0.05, 0.1) is 3.55 Å². The second-order valence-electron chi connectivity index (χ2n) is 2.08. The Hall–Kier alpha value is 0.900. The van der Waals surface area contributed by atoms with E-state index in [2.05, 4.69) is 51.3 Å². The molecule has 0 saturated heterocycles. The van der Waals surface area contributed by atoms with E-state index in [1.165, 1.54) is 3.58 Å². The molecule has 0 heterocycles. The Kier molecular flexibility index (Phi) is 2.56. The average molecular weight is 347 g/mol. The van der Waals surface area contributed by atoms with Gasteiger partial charge in [-0.2, -0.15) is 0 Å². The van der Waals surface area contributed by atoms with Crippen LogP contribution in [0.15, 0.2) is 21.8 Å². The summed E-state index contributed by atoms with van der Waals surface area (Å²) in [6.45, 7) is 0. The van der Waals surface area contributed by atoms with E-state index in [-0.39, 0.29) is 3.55 Å². The molecule has 0 bridgehead atoms. The number of halogens is 2. The molecule has 0 radical (unpaired) electrons. The number of rotatable bonds is 0. The number of alkyl halides is 1. The summed E-state index contributed by atoms with van der Waals surface area (Å²) in [6.07, 6.45) is 7.09. The second-order valence-corrected chi connectivity index (χ2v) is 5.47. The van der Waals surface area contributed by atoms with Crippen molar-refractivity contribution in [3.05, 3.63) is 21.8 Å². The number of hydrogen-bond donors (Lipinski definition) is 1. The smallest absolute Gasteiger partial charge is 0.0913 e. The zero-order chi connectivity index (χ0) is 6.91. The second kappa shape index (κ2) is 2.87. The van der Waals surface area contributed by atoms with Gasteiger partial charge in [-0.25, -0.2) is 0 Å².